The molecule has 0 unspecified atom stereocenters. The van der Waals surface area contributed by atoms with Crippen molar-refractivity contribution >= 4 is 29.0 Å². The average molecular weight is 352 g/mol. The van der Waals surface area contributed by atoms with Crippen LogP contribution in [0.3, 0.4) is 0 Å². The van der Waals surface area contributed by atoms with Gasteiger partial charge in [0.05, 0.1) is 22.9 Å². The van der Waals surface area contributed by atoms with Crippen LogP contribution in [-0.4, -0.2) is 44.3 Å². The van der Waals surface area contributed by atoms with Gasteiger partial charge in [-0.15, -0.1) is 21.5 Å². The highest BCUT2D eigenvalue weighted by atomic mass is 32.2. The first-order chi connectivity index (χ1) is 11.1. The van der Waals surface area contributed by atoms with Crippen molar-refractivity contribution in [1.82, 2.24) is 20.1 Å². The maximum atomic E-state index is 12.3. The van der Waals surface area contributed by atoms with Crippen LogP contribution in [0.25, 0.3) is 0 Å². The van der Waals surface area contributed by atoms with Gasteiger partial charge in [0.2, 0.25) is 11.8 Å². The van der Waals surface area contributed by atoms with Crippen molar-refractivity contribution in [2.24, 2.45) is 0 Å². The largest absolute Gasteiger partial charge is 0.416 e. The molecular weight excluding hydrogens is 332 g/mol. The Labute approximate surface area is 143 Å². The summed E-state index contributed by atoms with van der Waals surface area (Å²) in [7, 11) is 0. The fraction of sp³-hybridized carbons (Fsp3) is 0.600. The van der Waals surface area contributed by atoms with Gasteiger partial charge >= 0.3 is 0 Å². The molecule has 1 saturated heterocycles. The van der Waals surface area contributed by atoms with Gasteiger partial charge in [0.25, 0.3) is 5.22 Å². The predicted octanol–water partition coefficient (Wildman–Crippen LogP) is 2.92. The maximum Gasteiger partial charge on any atom is 0.277 e. The standard InChI is InChI=1S/C15H20N4O2S2/c1-10-5-3-4-6-19(10)14(20)9-23-15-18-17-13(21-15)7-12-8-22-11(2)16-12/h8,10H,3-7,9H2,1-2H3/t10-/m1/s1. The molecule has 0 saturated carbocycles. The molecule has 0 bridgehead atoms. The lowest BCUT2D eigenvalue weighted by atomic mass is 10.0. The molecule has 8 heteroatoms. The van der Waals surface area contributed by atoms with Crippen LogP contribution in [0.15, 0.2) is 15.0 Å². The number of hydrogen-bond acceptors (Lipinski definition) is 7. The number of aromatic nitrogens is 3. The van der Waals surface area contributed by atoms with E-state index < -0.39 is 0 Å². The van der Waals surface area contributed by atoms with Gasteiger partial charge in [-0.1, -0.05) is 11.8 Å². The first-order valence-corrected chi connectivity index (χ1v) is 9.64. The Morgan fingerprint density at radius 1 is 1.48 bits per heavy atom. The van der Waals surface area contributed by atoms with Gasteiger partial charge in [0.15, 0.2) is 0 Å². The van der Waals surface area contributed by atoms with Crippen molar-refractivity contribution in [2.75, 3.05) is 12.3 Å². The van der Waals surface area contributed by atoms with E-state index in [1.165, 1.54) is 18.2 Å². The minimum Gasteiger partial charge on any atom is -0.416 e. The molecule has 3 heterocycles. The minimum atomic E-state index is 0.150. The summed E-state index contributed by atoms with van der Waals surface area (Å²) in [4.78, 5) is 18.6. The summed E-state index contributed by atoms with van der Waals surface area (Å²) in [5.41, 5.74) is 0.936. The first kappa shape index (κ1) is 16.4. The van der Waals surface area contributed by atoms with Crippen molar-refractivity contribution in [3.05, 3.63) is 22.0 Å². The van der Waals surface area contributed by atoms with Crippen LogP contribution in [-0.2, 0) is 11.2 Å². The van der Waals surface area contributed by atoms with Gasteiger partial charge in [0, 0.05) is 18.0 Å². The van der Waals surface area contributed by atoms with Crippen LogP contribution in [0.2, 0.25) is 0 Å². The molecule has 124 valence electrons. The third kappa shape index (κ3) is 4.32. The number of hydrogen-bond donors (Lipinski definition) is 0. The van der Waals surface area contributed by atoms with Crippen molar-refractivity contribution in [2.45, 2.75) is 50.8 Å². The van der Waals surface area contributed by atoms with Gasteiger partial charge in [-0.05, 0) is 33.1 Å². The normalized spacial score (nSPS) is 18.3. The highest BCUT2D eigenvalue weighted by Crippen LogP contribution is 2.22. The van der Waals surface area contributed by atoms with Crippen LogP contribution in [0, 0.1) is 6.92 Å². The van der Waals surface area contributed by atoms with Gasteiger partial charge in [-0.2, -0.15) is 0 Å². The zero-order chi connectivity index (χ0) is 16.2. The lowest BCUT2D eigenvalue weighted by molar-refractivity contribution is -0.131. The summed E-state index contributed by atoms with van der Waals surface area (Å²) in [5.74, 6) is 1.04. The highest BCUT2D eigenvalue weighted by molar-refractivity contribution is 7.99. The number of amides is 1. The number of thioether (sulfide) groups is 1. The van der Waals surface area contributed by atoms with Crippen LogP contribution in [0.4, 0.5) is 0 Å². The molecule has 1 atom stereocenters. The van der Waals surface area contributed by atoms with E-state index in [0.29, 0.717) is 29.3 Å². The molecule has 0 aromatic carbocycles. The van der Waals surface area contributed by atoms with Crippen molar-refractivity contribution in [3.8, 4) is 0 Å². The predicted molar refractivity (Wildman–Crippen MR) is 89.7 cm³/mol. The SMILES string of the molecule is Cc1nc(Cc2nnc(SCC(=O)N3CCCC[C@H]3C)o2)cs1. The molecule has 2 aromatic rings. The van der Waals surface area contributed by atoms with Gasteiger partial charge in [0.1, 0.15) is 0 Å². The Balaban J connectivity index is 1.51. The van der Waals surface area contributed by atoms with Gasteiger partial charge < -0.3 is 9.32 Å². The number of carbonyl (C=O) groups is 1. The molecule has 0 aliphatic carbocycles. The van der Waals surface area contributed by atoms with E-state index in [-0.39, 0.29) is 5.91 Å². The zero-order valence-electron chi connectivity index (χ0n) is 13.3. The lowest BCUT2D eigenvalue weighted by Crippen LogP contribution is -2.42. The monoisotopic (exact) mass is 352 g/mol. The molecule has 2 aromatic heterocycles. The minimum absolute atomic E-state index is 0.150. The Hall–Kier alpha value is -1.41. The molecule has 6 nitrogen and oxygen atoms in total. The van der Waals surface area contributed by atoms with E-state index in [1.807, 2.05) is 17.2 Å². The number of aryl methyl sites for hydroxylation is 1. The van der Waals surface area contributed by atoms with Crippen LogP contribution in [0.5, 0.6) is 0 Å². The van der Waals surface area contributed by atoms with Crippen LogP contribution >= 0.6 is 23.1 Å². The number of thiazole rings is 1. The topological polar surface area (TPSA) is 72.1 Å². The smallest absolute Gasteiger partial charge is 0.277 e. The molecule has 0 spiro atoms. The lowest BCUT2D eigenvalue weighted by Gasteiger charge is -2.33. The quantitative estimate of drug-likeness (QED) is 0.771. The Morgan fingerprint density at radius 2 is 2.35 bits per heavy atom. The summed E-state index contributed by atoms with van der Waals surface area (Å²) in [5, 5.41) is 11.5. The van der Waals surface area contributed by atoms with Crippen LogP contribution < -0.4 is 0 Å². The van der Waals surface area contributed by atoms with E-state index in [9.17, 15) is 4.79 Å². The third-order valence-corrected chi connectivity index (χ3v) is 5.52. The number of likely N-dealkylation sites (tertiary alicyclic amines) is 1. The summed E-state index contributed by atoms with van der Waals surface area (Å²) in [6.45, 7) is 4.94. The molecule has 1 amide bonds. The van der Waals surface area contributed by atoms with E-state index in [1.54, 1.807) is 11.3 Å². The molecule has 1 fully saturated rings. The zero-order valence-corrected chi connectivity index (χ0v) is 15.0. The second kappa shape index (κ2) is 7.44. The third-order valence-electron chi connectivity index (χ3n) is 3.89. The van der Waals surface area contributed by atoms with Crippen LogP contribution in [0.1, 0.15) is 42.8 Å². The van der Waals surface area contributed by atoms with E-state index >= 15 is 0 Å². The first-order valence-electron chi connectivity index (χ1n) is 7.77. The second-order valence-corrected chi connectivity index (χ2v) is 7.71. The molecule has 0 radical (unpaired) electrons. The molecule has 0 N–H and O–H groups in total. The van der Waals surface area contributed by atoms with Crippen molar-refractivity contribution in [1.29, 1.82) is 0 Å². The highest BCUT2D eigenvalue weighted by Gasteiger charge is 2.23. The summed E-state index contributed by atoms with van der Waals surface area (Å²) in [6.07, 6.45) is 3.93. The maximum absolute atomic E-state index is 12.3. The molecule has 23 heavy (non-hydrogen) atoms. The fourth-order valence-electron chi connectivity index (χ4n) is 2.69. The van der Waals surface area contributed by atoms with Gasteiger partial charge in [-0.3, -0.25) is 4.79 Å². The van der Waals surface area contributed by atoms with Crippen molar-refractivity contribution in [3.63, 3.8) is 0 Å². The summed E-state index contributed by atoms with van der Waals surface area (Å²) in [6, 6.07) is 0.336. The Bertz CT molecular complexity index is 670. The summed E-state index contributed by atoms with van der Waals surface area (Å²) < 4.78 is 5.60. The Morgan fingerprint density at radius 3 is 3.09 bits per heavy atom. The number of nitrogens with zero attached hydrogens (tertiary/aromatic N) is 4. The number of carbonyl (C=O) groups excluding carboxylic acids is 1. The van der Waals surface area contributed by atoms with E-state index in [0.717, 1.165) is 30.1 Å². The molecular formula is C15H20N4O2S2. The van der Waals surface area contributed by atoms with Crippen molar-refractivity contribution < 1.29 is 9.21 Å². The fourth-order valence-corrected chi connectivity index (χ4v) is 3.97. The summed E-state index contributed by atoms with van der Waals surface area (Å²) >= 11 is 2.92. The number of rotatable bonds is 5. The molecule has 1 aliphatic rings. The molecule has 3 rings (SSSR count). The second-order valence-electron chi connectivity index (χ2n) is 5.72. The van der Waals surface area contributed by atoms with E-state index in [2.05, 4.69) is 22.1 Å². The average Bonchev–Trinajstić information content (AvgIpc) is 3.15. The molecule has 1 aliphatic heterocycles. The van der Waals surface area contributed by atoms with Gasteiger partial charge in [-0.25, -0.2) is 4.98 Å². The Kier molecular flexibility index (Phi) is 5.32. The van der Waals surface area contributed by atoms with E-state index in [4.69, 9.17) is 4.42 Å². The number of piperidine rings is 1.